The SMILES string of the molecule is O=C(NNc1nccnc1Cl)[C@H]1CCC[C@H](C(F)(F)F)C1. The molecule has 1 saturated carbocycles. The number of amides is 1. The van der Waals surface area contributed by atoms with Crippen molar-refractivity contribution >= 4 is 23.3 Å². The lowest BCUT2D eigenvalue weighted by molar-refractivity contribution is -0.186. The number of alkyl halides is 3. The van der Waals surface area contributed by atoms with Crippen molar-refractivity contribution in [3.8, 4) is 0 Å². The molecule has 0 bridgehead atoms. The molecule has 116 valence electrons. The Hall–Kier alpha value is -1.57. The number of anilines is 1. The van der Waals surface area contributed by atoms with E-state index in [9.17, 15) is 18.0 Å². The van der Waals surface area contributed by atoms with E-state index in [1.165, 1.54) is 12.4 Å². The molecular formula is C12H14ClF3N4O. The average molecular weight is 323 g/mol. The Morgan fingerprint density at radius 1 is 1.29 bits per heavy atom. The van der Waals surface area contributed by atoms with Crippen molar-refractivity contribution in [3.05, 3.63) is 17.5 Å². The number of hydrogen-bond acceptors (Lipinski definition) is 4. The Balaban J connectivity index is 1.90. The molecule has 0 saturated heterocycles. The van der Waals surface area contributed by atoms with E-state index >= 15 is 0 Å². The Bertz CT molecular complexity index is 512. The van der Waals surface area contributed by atoms with Crippen LogP contribution in [0.5, 0.6) is 0 Å². The van der Waals surface area contributed by atoms with Gasteiger partial charge < -0.3 is 0 Å². The van der Waals surface area contributed by atoms with E-state index in [0.29, 0.717) is 12.8 Å². The summed E-state index contributed by atoms with van der Waals surface area (Å²) in [5, 5.41) is 0.0645. The standard InChI is InChI=1S/C12H14ClF3N4O/c13-9-10(18-5-4-17-9)19-20-11(21)7-2-1-3-8(6-7)12(14,15)16/h4-5,7-8H,1-3,6H2,(H,18,19)(H,20,21)/t7-,8-/m0/s1. The van der Waals surface area contributed by atoms with Crippen LogP contribution in [0.15, 0.2) is 12.4 Å². The van der Waals surface area contributed by atoms with Crippen LogP contribution in [-0.4, -0.2) is 22.1 Å². The minimum Gasteiger partial charge on any atom is -0.279 e. The first-order valence-corrected chi connectivity index (χ1v) is 6.85. The summed E-state index contributed by atoms with van der Waals surface area (Å²) < 4.78 is 38.1. The lowest BCUT2D eigenvalue weighted by Crippen LogP contribution is -2.39. The summed E-state index contributed by atoms with van der Waals surface area (Å²) in [7, 11) is 0. The molecule has 0 radical (unpaired) electrons. The van der Waals surface area contributed by atoms with Crippen molar-refractivity contribution in [1.82, 2.24) is 15.4 Å². The van der Waals surface area contributed by atoms with Crippen LogP contribution in [0.2, 0.25) is 5.15 Å². The van der Waals surface area contributed by atoms with Crippen LogP contribution in [-0.2, 0) is 4.79 Å². The van der Waals surface area contributed by atoms with Gasteiger partial charge in [-0.05, 0) is 19.3 Å². The van der Waals surface area contributed by atoms with Crippen LogP contribution >= 0.6 is 11.6 Å². The number of halogens is 4. The van der Waals surface area contributed by atoms with Crippen LogP contribution in [0.4, 0.5) is 19.0 Å². The fourth-order valence-electron chi connectivity index (χ4n) is 2.35. The fraction of sp³-hybridized carbons (Fsp3) is 0.583. The predicted molar refractivity (Wildman–Crippen MR) is 70.3 cm³/mol. The molecule has 1 aliphatic carbocycles. The maximum absolute atomic E-state index is 12.7. The van der Waals surface area contributed by atoms with Gasteiger partial charge in [-0.2, -0.15) is 13.2 Å². The minimum absolute atomic E-state index is 0.0645. The number of nitrogens with one attached hydrogen (secondary N) is 2. The van der Waals surface area contributed by atoms with E-state index < -0.39 is 23.9 Å². The number of carbonyl (C=O) groups excluding carboxylic acids is 1. The highest BCUT2D eigenvalue weighted by molar-refractivity contribution is 6.31. The molecule has 9 heteroatoms. The highest BCUT2D eigenvalue weighted by Gasteiger charge is 2.43. The van der Waals surface area contributed by atoms with E-state index in [1.807, 2.05) is 0 Å². The molecule has 0 spiro atoms. The summed E-state index contributed by atoms with van der Waals surface area (Å²) in [4.78, 5) is 19.5. The zero-order valence-corrected chi connectivity index (χ0v) is 11.7. The van der Waals surface area contributed by atoms with Gasteiger partial charge in [0.1, 0.15) is 0 Å². The highest BCUT2D eigenvalue weighted by atomic mass is 35.5. The van der Waals surface area contributed by atoms with Crippen LogP contribution in [0.1, 0.15) is 25.7 Å². The first-order valence-electron chi connectivity index (χ1n) is 6.47. The monoisotopic (exact) mass is 322 g/mol. The van der Waals surface area contributed by atoms with Gasteiger partial charge in [0.15, 0.2) is 11.0 Å². The Morgan fingerprint density at radius 3 is 2.67 bits per heavy atom. The summed E-state index contributed by atoms with van der Waals surface area (Å²) in [6.45, 7) is 0. The largest absolute Gasteiger partial charge is 0.391 e. The van der Waals surface area contributed by atoms with Gasteiger partial charge in [0.25, 0.3) is 0 Å². The number of hydrazine groups is 1. The van der Waals surface area contributed by atoms with Gasteiger partial charge in [-0.15, -0.1) is 0 Å². The van der Waals surface area contributed by atoms with E-state index in [1.54, 1.807) is 0 Å². The third kappa shape index (κ3) is 4.20. The van der Waals surface area contributed by atoms with Crippen molar-refractivity contribution in [2.75, 3.05) is 5.43 Å². The van der Waals surface area contributed by atoms with Crippen LogP contribution in [0.25, 0.3) is 0 Å². The second-order valence-corrected chi connectivity index (χ2v) is 5.27. The fourth-order valence-corrected chi connectivity index (χ4v) is 2.51. The molecule has 2 atom stereocenters. The van der Waals surface area contributed by atoms with Gasteiger partial charge in [0.2, 0.25) is 5.91 Å². The normalized spacial score (nSPS) is 22.7. The molecule has 1 amide bonds. The van der Waals surface area contributed by atoms with Crippen LogP contribution in [0, 0.1) is 11.8 Å². The Kier molecular flexibility index (Phi) is 4.87. The molecule has 1 aromatic heterocycles. The molecule has 2 N–H and O–H groups in total. The molecule has 1 heterocycles. The Morgan fingerprint density at radius 2 is 2.00 bits per heavy atom. The van der Waals surface area contributed by atoms with Gasteiger partial charge in [-0.3, -0.25) is 15.6 Å². The van der Waals surface area contributed by atoms with Crippen LogP contribution < -0.4 is 10.9 Å². The zero-order chi connectivity index (χ0) is 15.5. The summed E-state index contributed by atoms with van der Waals surface area (Å²) in [6, 6.07) is 0. The smallest absolute Gasteiger partial charge is 0.279 e. The van der Waals surface area contributed by atoms with Crippen molar-refractivity contribution in [3.63, 3.8) is 0 Å². The van der Waals surface area contributed by atoms with E-state index in [2.05, 4.69) is 20.8 Å². The first-order chi connectivity index (χ1) is 9.88. The van der Waals surface area contributed by atoms with E-state index in [-0.39, 0.29) is 23.8 Å². The summed E-state index contributed by atoms with van der Waals surface area (Å²) >= 11 is 5.74. The number of nitrogens with zero attached hydrogens (tertiary/aromatic N) is 2. The van der Waals surface area contributed by atoms with Gasteiger partial charge in [0.05, 0.1) is 5.92 Å². The molecule has 1 aromatic rings. The van der Waals surface area contributed by atoms with Crippen molar-refractivity contribution in [1.29, 1.82) is 0 Å². The summed E-state index contributed by atoms with van der Waals surface area (Å²) in [5.41, 5.74) is 4.82. The Labute approximate surface area is 124 Å². The third-order valence-corrected chi connectivity index (χ3v) is 3.74. The van der Waals surface area contributed by atoms with E-state index in [0.717, 1.165) is 0 Å². The van der Waals surface area contributed by atoms with Crippen LogP contribution in [0.3, 0.4) is 0 Å². The molecular weight excluding hydrogens is 309 g/mol. The molecule has 2 rings (SSSR count). The number of carbonyl (C=O) groups is 1. The minimum atomic E-state index is -4.25. The molecule has 0 aromatic carbocycles. The third-order valence-electron chi connectivity index (χ3n) is 3.47. The zero-order valence-electron chi connectivity index (χ0n) is 11.0. The van der Waals surface area contributed by atoms with Gasteiger partial charge in [0, 0.05) is 18.3 Å². The average Bonchev–Trinajstić information content (AvgIpc) is 2.45. The van der Waals surface area contributed by atoms with E-state index in [4.69, 9.17) is 11.6 Å². The number of rotatable bonds is 3. The van der Waals surface area contributed by atoms with Crippen molar-refractivity contribution < 1.29 is 18.0 Å². The van der Waals surface area contributed by atoms with Crippen molar-refractivity contribution in [2.45, 2.75) is 31.9 Å². The predicted octanol–water partition coefficient (Wildman–Crippen LogP) is 2.94. The summed E-state index contributed by atoms with van der Waals surface area (Å²) in [5.74, 6) is -2.43. The number of aromatic nitrogens is 2. The van der Waals surface area contributed by atoms with Gasteiger partial charge >= 0.3 is 6.18 Å². The lowest BCUT2D eigenvalue weighted by Gasteiger charge is -2.29. The molecule has 1 aliphatic rings. The molecule has 1 fully saturated rings. The maximum Gasteiger partial charge on any atom is 0.391 e. The van der Waals surface area contributed by atoms with Gasteiger partial charge in [-0.25, -0.2) is 9.97 Å². The quantitative estimate of drug-likeness (QED) is 0.840. The molecule has 21 heavy (non-hydrogen) atoms. The first kappa shape index (κ1) is 15.8. The maximum atomic E-state index is 12.7. The second kappa shape index (κ2) is 6.46. The van der Waals surface area contributed by atoms with Gasteiger partial charge in [-0.1, -0.05) is 18.0 Å². The summed E-state index contributed by atoms with van der Waals surface area (Å²) in [6.07, 6.45) is -0.782. The van der Waals surface area contributed by atoms with Crippen molar-refractivity contribution in [2.24, 2.45) is 11.8 Å². The molecule has 0 unspecified atom stereocenters. The molecule has 0 aliphatic heterocycles. The second-order valence-electron chi connectivity index (χ2n) is 4.91. The molecule has 5 nitrogen and oxygen atoms in total. The highest BCUT2D eigenvalue weighted by Crippen LogP contribution is 2.39. The topological polar surface area (TPSA) is 66.9 Å². The number of hydrogen-bond donors (Lipinski definition) is 2. The lowest BCUT2D eigenvalue weighted by atomic mass is 9.80.